The minimum Gasteiger partial charge on any atom is -0.339 e. The summed E-state index contributed by atoms with van der Waals surface area (Å²) in [6, 6.07) is 8.72. The van der Waals surface area contributed by atoms with E-state index in [1.165, 1.54) is 25.1 Å². The van der Waals surface area contributed by atoms with Crippen LogP contribution >= 0.6 is 0 Å². The molecule has 0 bridgehead atoms. The number of likely N-dealkylation sites (tertiary alicyclic amines) is 1. The predicted molar refractivity (Wildman–Crippen MR) is 119 cm³/mol. The Morgan fingerprint density at radius 3 is 2.58 bits per heavy atom. The smallest absolute Gasteiger partial charge is 0.254 e. The number of aromatic nitrogens is 2. The van der Waals surface area contributed by atoms with E-state index < -0.39 is 0 Å². The molecule has 0 unspecified atom stereocenters. The van der Waals surface area contributed by atoms with Crippen LogP contribution in [0.25, 0.3) is 5.65 Å². The predicted octanol–water partition coefficient (Wildman–Crippen LogP) is 3.51. The molecule has 1 fully saturated rings. The number of carbonyl (C=O) groups excluding carboxylic acids is 1. The summed E-state index contributed by atoms with van der Waals surface area (Å²) in [7, 11) is 0. The van der Waals surface area contributed by atoms with Crippen molar-refractivity contribution in [2.45, 2.75) is 45.6 Å². The molecule has 0 atom stereocenters. The number of carbonyl (C=O) groups is 1. The van der Waals surface area contributed by atoms with Crippen LogP contribution in [0.4, 0.5) is 10.1 Å². The van der Waals surface area contributed by atoms with Crippen LogP contribution in [0.1, 0.15) is 61.1 Å². The second kappa shape index (κ2) is 8.98. The highest BCUT2D eigenvalue weighted by molar-refractivity contribution is 6.13. The van der Waals surface area contributed by atoms with Crippen molar-refractivity contribution in [1.82, 2.24) is 14.3 Å². The number of imidazole rings is 1. The summed E-state index contributed by atoms with van der Waals surface area (Å²) in [6.45, 7) is 5.74. The number of benzene rings is 1. The van der Waals surface area contributed by atoms with Gasteiger partial charge in [-0.25, -0.2) is 9.37 Å². The topological polar surface area (TPSA) is 78.1 Å². The van der Waals surface area contributed by atoms with Crippen LogP contribution < -0.4 is 5.32 Å². The molecule has 1 amide bonds. The van der Waals surface area contributed by atoms with E-state index in [0.29, 0.717) is 22.5 Å². The maximum Gasteiger partial charge on any atom is 0.254 e. The molecule has 1 saturated heterocycles. The van der Waals surface area contributed by atoms with Gasteiger partial charge in [-0.05, 0) is 51.0 Å². The summed E-state index contributed by atoms with van der Waals surface area (Å²) in [5, 5.41) is 10.9. The van der Waals surface area contributed by atoms with Gasteiger partial charge in [-0.15, -0.1) is 0 Å². The molecular weight excluding hydrogens is 393 g/mol. The van der Waals surface area contributed by atoms with Gasteiger partial charge in [-0.1, -0.05) is 12.8 Å². The van der Waals surface area contributed by atoms with Crippen LogP contribution in [0.3, 0.4) is 0 Å². The molecular formula is C24H29FN5O+. The highest BCUT2D eigenvalue weighted by atomic mass is 19.1. The van der Waals surface area contributed by atoms with Gasteiger partial charge in [0.1, 0.15) is 17.2 Å². The van der Waals surface area contributed by atoms with Crippen molar-refractivity contribution >= 4 is 23.0 Å². The van der Waals surface area contributed by atoms with Gasteiger partial charge in [-0.3, -0.25) is 14.6 Å². The largest absolute Gasteiger partial charge is 0.339 e. The quantitative estimate of drug-likeness (QED) is 0.488. The Kier molecular flexibility index (Phi) is 6.13. The Hall–Kier alpha value is -3.06. The summed E-state index contributed by atoms with van der Waals surface area (Å²) in [5.41, 5.74) is 3.54. The zero-order valence-corrected chi connectivity index (χ0v) is 18.1. The molecule has 162 valence electrons. The van der Waals surface area contributed by atoms with Crippen molar-refractivity contribution in [3.8, 4) is 0 Å². The van der Waals surface area contributed by atoms with E-state index in [1.54, 1.807) is 22.7 Å². The number of hydrogen-bond donors (Lipinski definition) is 2. The first-order chi connectivity index (χ1) is 14.9. The fourth-order valence-electron chi connectivity index (χ4n) is 4.15. The molecule has 1 aromatic carbocycles. The number of hydrogen-bond acceptors (Lipinski definition) is 3. The number of fused-ring (bicyclic) bond motifs is 1. The number of pyridine rings is 1. The normalized spacial score (nSPS) is 14.8. The number of halogens is 1. The third kappa shape index (κ3) is 4.51. The molecule has 3 N–H and O–H groups in total. The van der Waals surface area contributed by atoms with Crippen molar-refractivity contribution in [1.29, 1.82) is 5.41 Å². The van der Waals surface area contributed by atoms with E-state index in [4.69, 9.17) is 5.41 Å². The SMILES string of the molecule is CC(C)[NH2+]c1cc(C(=O)N2CCCCCC2)ccc1C(=N)c1cnc2ccc(F)cn12. The van der Waals surface area contributed by atoms with Crippen molar-refractivity contribution in [3.05, 3.63) is 65.4 Å². The van der Waals surface area contributed by atoms with Crippen molar-refractivity contribution in [3.63, 3.8) is 0 Å². The number of rotatable bonds is 5. The molecule has 0 radical (unpaired) electrons. The molecule has 4 rings (SSSR count). The Labute approximate surface area is 181 Å². The lowest BCUT2D eigenvalue weighted by Crippen LogP contribution is -2.83. The van der Waals surface area contributed by atoms with Crippen LogP contribution in [0, 0.1) is 11.2 Å². The number of amides is 1. The van der Waals surface area contributed by atoms with E-state index in [9.17, 15) is 9.18 Å². The number of nitrogens with one attached hydrogen (secondary N) is 1. The zero-order chi connectivity index (χ0) is 22.0. The summed E-state index contributed by atoms with van der Waals surface area (Å²) in [5.74, 6) is -0.331. The molecule has 1 aliphatic heterocycles. The number of quaternary nitrogens is 1. The van der Waals surface area contributed by atoms with E-state index in [0.717, 1.165) is 31.6 Å². The lowest BCUT2D eigenvalue weighted by molar-refractivity contribution is -0.603. The van der Waals surface area contributed by atoms with Gasteiger partial charge in [0.05, 0.1) is 29.2 Å². The van der Waals surface area contributed by atoms with Crippen LogP contribution in [-0.2, 0) is 0 Å². The molecule has 0 saturated carbocycles. The molecule has 31 heavy (non-hydrogen) atoms. The number of nitrogens with zero attached hydrogens (tertiary/aromatic N) is 3. The van der Waals surface area contributed by atoms with Crippen LogP contribution in [0.5, 0.6) is 0 Å². The van der Waals surface area contributed by atoms with Gasteiger partial charge < -0.3 is 10.2 Å². The second-order valence-electron chi connectivity index (χ2n) is 8.51. The minimum absolute atomic E-state index is 0.0512. The fourth-order valence-corrected chi connectivity index (χ4v) is 4.15. The van der Waals surface area contributed by atoms with Gasteiger partial charge in [0.2, 0.25) is 0 Å². The third-order valence-electron chi connectivity index (χ3n) is 5.70. The van der Waals surface area contributed by atoms with Crippen LogP contribution in [-0.4, -0.2) is 45.0 Å². The van der Waals surface area contributed by atoms with E-state index in [2.05, 4.69) is 24.1 Å². The standard InChI is InChI=1S/C24H28FN5O/c1-16(2)28-20-13-17(24(31)29-11-5-3-4-6-12-29)7-9-19(20)23(26)21-14-27-22-10-8-18(25)15-30(21)22/h7-10,13-16,26,28H,3-6,11-12H2,1-2H3/p+1. The Bertz CT molecular complexity index is 1110. The van der Waals surface area contributed by atoms with Gasteiger partial charge in [0.25, 0.3) is 5.91 Å². The van der Waals surface area contributed by atoms with Crippen LogP contribution in [0.2, 0.25) is 0 Å². The van der Waals surface area contributed by atoms with Gasteiger partial charge in [0, 0.05) is 30.9 Å². The van der Waals surface area contributed by atoms with E-state index in [1.807, 2.05) is 17.0 Å². The summed E-state index contributed by atoms with van der Waals surface area (Å²) in [4.78, 5) is 19.4. The van der Waals surface area contributed by atoms with E-state index in [-0.39, 0.29) is 23.5 Å². The molecule has 3 heterocycles. The maximum atomic E-state index is 13.8. The van der Waals surface area contributed by atoms with Gasteiger partial charge in [-0.2, -0.15) is 0 Å². The molecule has 0 spiro atoms. The molecule has 1 aliphatic rings. The first-order valence-corrected chi connectivity index (χ1v) is 10.9. The van der Waals surface area contributed by atoms with Crippen molar-refractivity contribution in [2.24, 2.45) is 0 Å². The minimum atomic E-state index is -0.382. The number of nitrogens with two attached hydrogens (primary N) is 1. The lowest BCUT2D eigenvalue weighted by Gasteiger charge is -2.21. The van der Waals surface area contributed by atoms with Crippen molar-refractivity contribution < 1.29 is 14.5 Å². The third-order valence-corrected chi connectivity index (χ3v) is 5.70. The summed E-state index contributed by atoms with van der Waals surface area (Å²) >= 11 is 0. The molecule has 7 heteroatoms. The Balaban J connectivity index is 1.70. The monoisotopic (exact) mass is 422 g/mol. The highest BCUT2D eigenvalue weighted by Crippen LogP contribution is 2.21. The second-order valence-corrected chi connectivity index (χ2v) is 8.51. The first kappa shape index (κ1) is 21.2. The molecule has 2 aromatic heterocycles. The maximum absolute atomic E-state index is 13.8. The summed E-state index contributed by atoms with van der Waals surface area (Å²) in [6.07, 6.45) is 7.37. The Morgan fingerprint density at radius 2 is 1.87 bits per heavy atom. The first-order valence-electron chi connectivity index (χ1n) is 10.9. The highest BCUT2D eigenvalue weighted by Gasteiger charge is 2.22. The van der Waals surface area contributed by atoms with Gasteiger partial charge >= 0.3 is 0 Å². The average molecular weight is 423 g/mol. The fraction of sp³-hybridized carbons (Fsp3) is 0.375. The van der Waals surface area contributed by atoms with E-state index >= 15 is 0 Å². The molecule has 3 aromatic rings. The van der Waals surface area contributed by atoms with Gasteiger partial charge in [0.15, 0.2) is 0 Å². The van der Waals surface area contributed by atoms with Crippen molar-refractivity contribution in [2.75, 3.05) is 13.1 Å². The Morgan fingerprint density at radius 1 is 1.13 bits per heavy atom. The molecule has 0 aliphatic carbocycles. The lowest BCUT2D eigenvalue weighted by atomic mass is 10.0. The van der Waals surface area contributed by atoms with Crippen LogP contribution in [0.15, 0.2) is 42.7 Å². The summed E-state index contributed by atoms with van der Waals surface area (Å²) < 4.78 is 15.4. The zero-order valence-electron chi connectivity index (χ0n) is 18.1. The average Bonchev–Trinajstić information content (AvgIpc) is 2.96. The molecule has 6 nitrogen and oxygen atoms in total.